The zero-order chi connectivity index (χ0) is 14.0. The fourth-order valence-corrected chi connectivity index (χ4v) is 1.69. The lowest BCUT2D eigenvalue weighted by atomic mass is 10.1. The van der Waals surface area contributed by atoms with Crippen LogP contribution in [0.5, 0.6) is 0 Å². The van der Waals surface area contributed by atoms with E-state index in [2.05, 4.69) is 5.32 Å². The van der Waals surface area contributed by atoms with Crippen molar-refractivity contribution in [3.8, 4) is 0 Å². The predicted molar refractivity (Wildman–Crippen MR) is 69.9 cm³/mol. The van der Waals surface area contributed by atoms with Gasteiger partial charge < -0.3 is 11.1 Å². The molecule has 98 valence electrons. The average Bonchev–Trinajstić information content (AvgIpc) is 2.34. The number of benzene rings is 2. The van der Waals surface area contributed by atoms with E-state index < -0.39 is 23.1 Å². The molecular weight excluding hydrogens is 250 g/mol. The van der Waals surface area contributed by atoms with Gasteiger partial charge in [0.05, 0.1) is 5.69 Å². The number of nitrogens with one attached hydrogen (secondary N) is 1. The summed E-state index contributed by atoms with van der Waals surface area (Å²) >= 11 is 0. The van der Waals surface area contributed by atoms with E-state index in [9.17, 15) is 13.6 Å². The zero-order valence-electron chi connectivity index (χ0n) is 10.2. The van der Waals surface area contributed by atoms with Gasteiger partial charge in [-0.05, 0) is 36.8 Å². The zero-order valence-corrected chi connectivity index (χ0v) is 10.2. The topological polar surface area (TPSA) is 55.1 Å². The smallest absolute Gasteiger partial charge is 0.261 e. The van der Waals surface area contributed by atoms with Gasteiger partial charge in [0.1, 0.15) is 11.4 Å². The van der Waals surface area contributed by atoms with Crippen LogP contribution in [0, 0.1) is 18.6 Å². The Kier molecular flexibility index (Phi) is 3.46. The lowest BCUT2D eigenvalue weighted by Gasteiger charge is -2.09. The second kappa shape index (κ2) is 5.06. The predicted octanol–water partition coefficient (Wildman–Crippen LogP) is 3.11. The number of anilines is 2. The summed E-state index contributed by atoms with van der Waals surface area (Å²) in [5, 5.41) is 2.43. The monoisotopic (exact) mass is 262 g/mol. The second-order valence-corrected chi connectivity index (χ2v) is 4.15. The van der Waals surface area contributed by atoms with E-state index >= 15 is 0 Å². The van der Waals surface area contributed by atoms with E-state index in [1.807, 2.05) is 13.0 Å². The number of aryl methyl sites for hydroxylation is 1. The van der Waals surface area contributed by atoms with E-state index in [0.717, 1.165) is 17.7 Å². The third-order valence-corrected chi connectivity index (χ3v) is 2.62. The van der Waals surface area contributed by atoms with Crippen LogP contribution in [0.15, 0.2) is 36.4 Å². The molecule has 0 saturated heterocycles. The molecule has 3 nitrogen and oxygen atoms in total. The van der Waals surface area contributed by atoms with Gasteiger partial charge in [-0.1, -0.05) is 12.1 Å². The normalized spacial score (nSPS) is 10.3. The second-order valence-electron chi connectivity index (χ2n) is 4.15. The van der Waals surface area contributed by atoms with Crippen molar-refractivity contribution in [2.75, 3.05) is 11.1 Å². The van der Waals surface area contributed by atoms with Gasteiger partial charge in [-0.2, -0.15) is 0 Å². The highest BCUT2D eigenvalue weighted by Gasteiger charge is 2.19. The largest absolute Gasteiger partial charge is 0.396 e. The molecule has 1 amide bonds. The maximum Gasteiger partial charge on any atom is 0.261 e. The first-order valence-electron chi connectivity index (χ1n) is 5.60. The molecule has 0 unspecified atom stereocenters. The summed E-state index contributed by atoms with van der Waals surface area (Å²) < 4.78 is 27.2. The van der Waals surface area contributed by atoms with Crippen molar-refractivity contribution in [1.29, 1.82) is 0 Å². The van der Waals surface area contributed by atoms with Crippen LogP contribution in [-0.2, 0) is 0 Å². The molecule has 2 rings (SSSR count). The van der Waals surface area contributed by atoms with Gasteiger partial charge in [0, 0.05) is 5.69 Å². The van der Waals surface area contributed by atoms with Gasteiger partial charge in [-0.15, -0.1) is 0 Å². The van der Waals surface area contributed by atoms with Crippen LogP contribution in [0.25, 0.3) is 0 Å². The molecule has 0 bridgehead atoms. The average molecular weight is 262 g/mol. The van der Waals surface area contributed by atoms with Gasteiger partial charge in [0.2, 0.25) is 0 Å². The third-order valence-electron chi connectivity index (χ3n) is 2.62. The van der Waals surface area contributed by atoms with E-state index in [-0.39, 0.29) is 5.69 Å². The molecule has 0 aliphatic rings. The Labute approximate surface area is 109 Å². The molecule has 5 heteroatoms. The van der Waals surface area contributed by atoms with Crippen molar-refractivity contribution in [3.05, 3.63) is 59.2 Å². The lowest BCUT2D eigenvalue weighted by molar-refractivity contribution is 0.101. The van der Waals surface area contributed by atoms with Gasteiger partial charge in [-0.3, -0.25) is 4.79 Å². The van der Waals surface area contributed by atoms with Crippen molar-refractivity contribution in [3.63, 3.8) is 0 Å². The number of carbonyl (C=O) groups excluding carboxylic acids is 1. The summed E-state index contributed by atoms with van der Waals surface area (Å²) in [6.07, 6.45) is 0. The Morgan fingerprint density at radius 1 is 1.21 bits per heavy atom. The number of hydrogen-bond acceptors (Lipinski definition) is 2. The molecule has 0 saturated carbocycles. The van der Waals surface area contributed by atoms with Crippen LogP contribution in [-0.4, -0.2) is 5.91 Å². The van der Waals surface area contributed by atoms with E-state index in [4.69, 9.17) is 5.73 Å². The quantitative estimate of drug-likeness (QED) is 0.817. The summed E-state index contributed by atoms with van der Waals surface area (Å²) in [7, 11) is 0. The summed E-state index contributed by atoms with van der Waals surface area (Å²) in [6.45, 7) is 1.84. The molecule has 0 aliphatic heterocycles. The Morgan fingerprint density at radius 3 is 2.63 bits per heavy atom. The number of nitrogen functional groups attached to an aromatic ring is 1. The summed E-state index contributed by atoms with van der Waals surface area (Å²) in [5.41, 5.74) is 5.76. The first kappa shape index (κ1) is 13.0. The van der Waals surface area contributed by atoms with Crippen LogP contribution in [0.3, 0.4) is 0 Å². The molecular formula is C14H12F2N2O. The summed E-state index contributed by atoms with van der Waals surface area (Å²) in [4.78, 5) is 11.9. The Hall–Kier alpha value is -2.43. The maximum atomic E-state index is 13.7. The van der Waals surface area contributed by atoms with Crippen molar-refractivity contribution >= 4 is 17.3 Å². The third kappa shape index (κ3) is 2.70. The lowest BCUT2D eigenvalue weighted by Crippen LogP contribution is -2.16. The molecule has 0 spiro atoms. The Bertz CT molecular complexity index is 641. The minimum Gasteiger partial charge on any atom is -0.396 e. The molecule has 0 aliphatic carbocycles. The highest BCUT2D eigenvalue weighted by molar-refractivity contribution is 6.05. The molecule has 0 aromatic heterocycles. The number of hydrogen-bond donors (Lipinski definition) is 2. The van der Waals surface area contributed by atoms with Crippen molar-refractivity contribution in [2.45, 2.75) is 6.92 Å². The highest BCUT2D eigenvalue weighted by atomic mass is 19.1. The Morgan fingerprint density at radius 2 is 1.95 bits per heavy atom. The van der Waals surface area contributed by atoms with Gasteiger partial charge in [0.25, 0.3) is 5.91 Å². The van der Waals surface area contributed by atoms with Crippen LogP contribution >= 0.6 is 0 Å². The number of halogens is 2. The van der Waals surface area contributed by atoms with E-state index in [0.29, 0.717) is 5.69 Å². The molecule has 19 heavy (non-hydrogen) atoms. The molecule has 0 atom stereocenters. The fourth-order valence-electron chi connectivity index (χ4n) is 1.69. The van der Waals surface area contributed by atoms with Crippen molar-refractivity contribution in [1.82, 2.24) is 0 Å². The molecule has 0 radical (unpaired) electrons. The highest BCUT2D eigenvalue weighted by Crippen LogP contribution is 2.20. The number of nitrogens with two attached hydrogens (primary N) is 1. The van der Waals surface area contributed by atoms with Crippen molar-refractivity contribution in [2.24, 2.45) is 0 Å². The van der Waals surface area contributed by atoms with E-state index in [1.54, 1.807) is 18.2 Å². The SMILES string of the molecule is Cc1cccc(NC(=O)c2c(F)ccc(N)c2F)c1. The first-order valence-corrected chi connectivity index (χ1v) is 5.60. The maximum absolute atomic E-state index is 13.7. The van der Waals surface area contributed by atoms with Gasteiger partial charge in [-0.25, -0.2) is 8.78 Å². The molecule has 3 N–H and O–H groups in total. The van der Waals surface area contributed by atoms with Crippen LogP contribution in [0.4, 0.5) is 20.2 Å². The standard InChI is InChI=1S/C14H12F2N2O/c1-8-3-2-4-9(7-8)18-14(19)12-10(15)5-6-11(17)13(12)16/h2-7H,17H2,1H3,(H,18,19). The minimum absolute atomic E-state index is 0.268. The van der Waals surface area contributed by atoms with Crippen molar-refractivity contribution < 1.29 is 13.6 Å². The minimum atomic E-state index is -1.05. The Balaban J connectivity index is 2.33. The first-order chi connectivity index (χ1) is 8.99. The number of rotatable bonds is 2. The molecule has 0 heterocycles. The van der Waals surface area contributed by atoms with Crippen LogP contribution in [0.2, 0.25) is 0 Å². The fraction of sp³-hybridized carbons (Fsp3) is 0.0714. The number of amides is 1. The van der Waals surface area contributed by atoms with Gasteiger partial charge >= 0.3 is 0 Å². The van der Waals surface area contributed by atoms with E-state index in [1.165, 1.54) is 0 Å². The van der Waals surface area contributed by atoms with Crippen LogP contribution in [0.1, 0.15) is 15.9 Å². The van der Waals surface area contributed by atoms with Gasteiger partial charge in [0.15, 0.2) is 5.82 Å². The molecule has 2 aromatic rings. The summed E-state index contributed by atoms with van der Waals surface area (Å²) in [6, 6.07) is 8.94. The molecule has 2 aromatic carbocycles. The number of carbonyl (C=O) groups is 1. The summed E-state index contributed by atoms with van der Waals surface area (Å²) in [5.74, 6) is -2.87. The molecule has 0 fully saturated rings. The van der Waals surface area contributed by atoms with Crippen LogP contribution < -0.4 is 11.1 Å².